The monoisotopic (exact) mass is 486 g/mol. The highest BCUT2D eigenvalue weighted by atomic mass is 32.2. The first-order valence-electron chi connectivity index (χ1n) is 11.5. The summed E-state index contributed by atoms with van der Waals surface area (Å²) in [6.45, 7) is 1.69. The molecule has 1 aliphatic heterocycles. The van der Waals surface area contributed by atoms with Crippen molar-refractivity contribution in [2.24, 2.45) is 0 Å². The van der Waals surface area contributed by atoms with E-state index in [1.165, 1.54) is 35.5 Å². The second-order valence-electron chi connectivity index (χ2n) is 8.39. The maximum absolute atomic E-state index is 13.4. The van der Waals surface area contributed by atoms with Crippen LogP contribution < -0.4 is 5.32 Å². The number of hydrogen-bond donors (Lipinski definition) is 1. The van der Waals surface area contributed by atoms with Gasteiger partial charge in [-0.15, -0.1) is 0 Å². The van der Waals surface area contributed by atoms with Crippen LogP contribution in [0.25, 0.3) is 0 Å². The zero-order valence-corrected chi connectivity index (χ0v) is 20.2. The number of carbonyl (C=O) groups excluding carboxylic acids is 2. The molecule has 1 heterocycles. The van der Waals surface area contributed by atoms with E-state index in [4.69, 9.17) is 0 Å². The van der Waals surface area contributed by atoms with Crippen molar-refractivity contribution in [1.29, 1.82) is 0 Å². The van der Waals surface area contributed by atoms with Gasteiger partial charge in [0.1, 0.15) is 6.04 Å². The van der Waals surface area contributed by atoms with Crippen molar-refractivity contribution < 1.29 is 18.0 Å². The molecule has 0 aliphatic carbocycles. The van der Waals surface area contributed by atoms with Crippen molar-refractivity contribution >= 4 is 27.4 Å². The van der Waals surface area contributed by atoms with Gasteiger partial charge in [0.2, 0.25) is 15.9 Å². The number of nitrogens with zero attached hydrogens (tertiary/aromatic N) is 1. The molecule has 1 atom stereocenters. The Balaban J connectivity index is 1.52. The Morgan fingerprint density at radius 2 is 1.57 bits per heavy atom. The molecular formula is C28H26N2O4S. The van der Waals surface area contributed by atoms with Gasteiger partial charge in [-0.3, -0.25) is 9.59 Å². The van der Waals surface area contributed by atoms with Crippen LogP contribution in [0.3, 0.4) is 0 Å². The molecule has 7 heteroatoms. The van der Waals surface area contributed by atoms with Gasteiger partial charge in [0.25, 0.3) is 0 Å². The van der Waals surface area contributed by atoms with Gasteiger partial charge in [-0.2, -0.15) is 4.31 Å². The summed E-state index contributed by atoms with van der Waals surface area (Å²) < 4.78 is 28.0. The molecule has 6 nitrogen and oxygen atoms in total. The van der Waals surface area contributed by atoms with Crippen LogP contribution in [-0.4, -0.2) is 37.0 Å². The van der Waals surface area contributed by atoms with Crippen LogP contribution >= 0.6 is 0 Å². The van der Waals surface area contributed by atoms with Crippen LogP contribution in [0.15, 0.2) is 83.8 Å². The Kier molecular flexibility index (Phi) is 7.45. The van der Waals surface area contributed by atoms with Gasteiger partial charge in [0, 0.05) is 28.9 Å². The molecule has 178 valence electrons. The lowest BCUT2D eigenvalue weighted by Crippen LogP contribution is -2.49. The van der Waals surface area contributed by atoms with E-state index in [2.05, 4.69) is 17.2 Å². The fourth-order valence-electron chi connectivity index (χ4n) is 4.02. The maximum Gasteiger partial charge on any atom is 0.243 e. The summed E-state index contributed by atoms with van der Waals surface area (Å²) in [5.74, 6) is 5.67. The largest absolute Gasteiger partial charge is 0.325 e. The number of amides is 1. The van der Waals surface area contributed by atoms with Crippen LogP contribution in [0.5, 0.6) is 0 Å². The lowest BCUT2D eigenvalue weighted by Gasteiger charge is -2.33. The number of benzene rings is 3. The van der Waals surface area contributed by atoms with Gasteiger partial charge >= 0.3 is 0 Å². The topological polar surface area (TPSA) is 83.6 Å². The first kappa shape index (κ1) is 24.4. The van der Waals surface area contributed by atoms with Crippen LogP contribution in [0, 0.1) is 11.8 Å². The number of sulfonamides is 1. The molecule has 0 aromatic heterocycles. The minimum absolute atomic E-state index is 0.0698. The van der Waals surface area contributed by atoms with Crippen LogP contribution in [0.1, 0.15) is 47.7 Å². The summed E-state index contributed by atoms with van der Waals surface area (Å²) >= 11 is 0. The molecular weight excluding hydrogens is 460 g/mol. The zero-order chi connectivity index (χ0) is 24.8. The Bertz CT molecular complexity index is 1390. The number of piperidine rings is 1. The Hall–Kier alpha value is -3.73. The Morgan fingerprint density at radius 3 is 2.29 bits per heavy atom. The minimum atomic E-state index is -3.90. The Morgan fingerprint density at radius 1 is 0.886 bits per heavy atom. The van der Waals surface area contributed by atoms with E-state index >= 15 is 0 Å². The number of rotatable bonds is 5. The lowest BCUT2D eigenvalue weighted by molar-refractivity contribution is -0.120. The number of Topliss-reactive ketones (excluding diaryl/α,β-unsaturated/α-hetero) is 1. The van der Waals surface area contributed by atoms with Crippen molar-refractivity contribution in [1.82, 2.24) is 4.31 Å². The number of carbonyl (C=O) groups is 2. The van der Waals surface area contributed by atoms with Gasteiger partial charge < -0.3 is 5.32 Å². The number of ketones is 1. The van der Waals surface area contributed by atoms with Crippen LogP contribution in [0.2, 0.25) is 0 Å². The molecule has 1 aliphatic rings. The van der Waals surface area contributed by atoms with Gasteiger partial charge in [-0.25, -0.2) is 8.42 Å². The fourth-order valence-corrected chi connectivity index (χ4v) is 5.67. The Labute approximate surface area is 206 Å². The molecule has 4 rings (SSSR count). The first-order valence-corrected chi connectivity index (χ1v) is 12.9. The van der Waals surface area contributed by atoms with Crippen LogP contribution in [-0.2, 0) is 14.8 Å². The van der Waals surface area contributed by atoms with Gasteiger partial charge in [0.05, 0.1) is 4.90 Å². The summed E-state index contributed by atoms with van der Waals surface area (Å²) in [7, 11) is -3.90. The molecule has 1 fully saturated rings. The smallest absolute Gasteiger partial charge is 0.243 e. The predicted molar refractivity (Wildman–Crippen MR) is 135 cm³/mol. The molecule has 1 saturated heterocycles. The number of nitrogens with one attached hydrogen (secondary N) is 1. The molecule has 0 bridgehead atoms. The summed E-state index contributed by atoms with van der Waals surface area (Å²) in [5.41, 5.74) is 2.63. The van der Waals surface area contributed by atoms with Gasteiger partial charge in [-0.1, -0.05) is 54.7 Å². The molecule has 3 aromatic carbocycles. The fraction of sp³-hybridized carbons (Fsp3) is 0.214. The SMILES string of the molecule is CC(=O)c1ccc(S(=O)(=O)N2CCCCC2C(=O)Nc2cccc(C#Cc3ccccc3)c2)cc1. The number of anilines is 1. The van der Waals surface area contributed by atoms with Gasteiger partial charge in [0.15, 0.2) is 5.78 Å². The average molecular weight is 487 g/mol. The molecule has 1 unspecified atom stereocenters. The molecule has 0 spiro atoms. The van der Waals surface area contributed by atoms with Crippen LogP contribution in [0.4, 0.5) is 5.69 Å². The van der Waals surface area contributed by atoms with E-state index in [9.17, 15) is 18.0 Å². The molecule has 0 saturated carbocycles. The van der Waals surface area contributed by atoms with E-state index < -0.39 is 16.1 Å². The van der Waals surface area contributed by atoms with E-state index in [1.54, 1.807) is 18.2 Å². The second-order valence-corrected chi connectivity index (χ2v) is 10.3. The third-order valence-electron chi connectivity index (χ3n) is 5.88. The van der Waals surface area contributed by atoms with E-state index in [0.717, 1.165) is 17.5 Å². The summed E-state index contributed by atoms with van der Waals surface area (Å²) in [6.07, 6.45) is 1.87. The first-order chi connectivity index (χ1) is 16.8. The van der Waals surface area contributed by atoms with Crippen molar-refractivity contribution in [2.75, 3.05) is 11.9 Å². The highest BCUT2D eigenvalue weighted by Crippen LogP contribution is 2.27. The minimum Gasteiger partial charge on any atom is -0.325 e. The summed E-state index contributed by atoms with van der Waals surface area (Å²) in [4.78, 5) is 24.8. The van der Waals surface area contributed by atoms with E-state index in [-0.39, 0.29) is 23.1 Å². The zero-order valence-electron chi connectivity index (χ0n) is 19.4. The third-order valence-corrected chi connectivity index (χ3v) is 7.80. The number of hydrogen-bond acceptors (Lipinski definition) is 4. The quantitative estimate of drug-likeness (QED) is 0.426. The molecule has 0 radical (unpaired) electrons. The summed E-state index contributed by atoms with van der Waals surface area (Å²) in [5, 5.41) is 2.87. The van der Waals surface area contributed by atoms with Gasteiger partial charge in [-0.05, 0) is 62.2 Å². The van der Waals surface area contributed by atoms with E-state index in [0.29, 0.717) is 24.1 Å². The standard InChI is InChI=1S/C28H26N2O4S/c1-21(31)24-15-17-26(18-16-24)35(33,34)30-19-6-5-12-27(30)28(32)29-25-11-7-10-23(20-25)14-13-22-8-3-2-4-9-22/h2-4,7-11,15-18,20,27H,5-6,12,19H2,1H3,(H,29,32). The highest BCUT2D eigenvalue weighted by Gasteiger charge is 2.37. The van der Waals surface area contributed by atoms with E-state index in [1.807, 2.05) is 36.4 Å². The molecule has 1 amide bonds. The average Bonchev–Trinajstić information content (AvgIpc) is 2.88. The summed E-state index contributed by atoms with van der Waals surface area (Å²) in [6, 6.07) is 21.8. The highest BCUT2D eigenvalue weighted by molar-refractivity contribution is 7.89. The van der Waals surface area contributed by atoms with Crippen molar-refractivity contribution in [3.8, 4) is 11.8 Å². The molecule has 3 aromatic rings. The second kappa shape index (κ2) is 10.7. The van der Waals surface area contributed by atoms with Crippen molar-refractivity contribution in [3.63, 3.8) is 0 Å². The van der Waals surface area contributed by atoms with Crippen molar-refractivity contribution in [2.45, 2.75) is 37.1 Å². The molecule has 35 heavy (non-hydrogen) atoms. The molecule has 1 N–H and O–H groups in total. The predicted octanol–water partition coefficient (Wildman–Crippen LogP) is 4.47. The third kappa shape index (κ3) is 5.86. The lowest BCUT2D eigenvalue weighted by atomic mass is 10.0. The van der Waals surface area contributed by atoms with Crippen molar-refractivity contribution in [3.05, 3.63) is 95.6 Å². The normalized spacial score (nSPS) is 16.1. The maximum atomic E-state index is 13.4.